The van der Waals surface area contributed by atoms with Crippen molar-refractivity contribution in [2.45, 2.75) is 56.6 Å². The Morgan fingerprint density at radius 1 is 1.05 bits per heavy atom. The molecule has 11 heteroatoms. The molecule has 0 aliphatic carbocycles. The fraction of sp³-hybridized carbons (Fsp3) is 0.323. The van der Waals surface area contributed by atoms with E-state index >= 15 is 0 Å². The SMILES string of the molecule is CCCCC(CC)CNC(=O)c1ccccc1SC1C(=O)N(c2c(Cl)cc(Cl)cc2Cl)NC1=Nc1cc(C)ccc1Cl. The first-order chi connectivity index (χ1) is 20.1. The van der Waals surface area contributed by atoms with Crippen LogP contribution in [0.5, 0.6) is 0 Å². The van der Waals surface area contributed by atoms with Crippen LogP contribution in [0.1, 0.15) is 55.5 Å². The molecule has 1 aliphatic rings. The van der Waals surface area contributed by atoms with E-state index in [1.165, 1.54) is 28.9 Å². The molecular weight excluding hydrogens is 634 g/mol. The van der Waals surface area contributed by atoms with Crippen LogP contribution in [-0.4, -0.2) is 29.4 Å². The van der Waals surface area contributed by atoms with E-state index in [4.69, 9.17) is 51.4 Å². The van der Waals surface area contributed by atoms with E-state index in [0.29, 0.717) is 44.5 Å². The highest BCUT2D eigenvalue weighted by atomic mass is 35.5. The van der Waals surface area contributed by atoms with Crippen LogP contribution < -0.4 is 15.8 Å². The highest BCUT2D eigenvalue weighted by Gasteiger charge is 2.41. The number of carbonyl (C=O) groups excluding carboxylic acids is 2. The number of hydrogen-bond donors (Lipinski definition) is 2. The number of halogens is 4. The number of anilines is 1. The number of benzene rings is 3. The smallest absolute Gasteiger partial charge is 0.267 e. The number of aliphatic imine (C=N–C) groups is 1. The Bertz CT molecular complexity index is 1480. The van der Waals surface area contributed by atoms with Crippen LogP contribution >= 0.6 is 58.2 Å². The van der Waals surface area contributed by atoms with Gasteiger partial charge in [-0.1, -0.05) is 97.7 Å². The normalized spacial score (nSPS) is 16.5. The first-order valence-electron chi connectivity index (χ1n) is 13.8. The number of hydrazine groups is 1. The molecule has 1 fully saturated rings. The zero-order valence-corrected chi connectivity index (χ0v) is 27.4. The number of unbranched alkanes of at least 4 members (excludes halogenated alkanes) is 1. The maximum absolute atomic E-state index is 14.0. The lowest BCUT2D eigenvalue weighted by Crippen LogP contribution is -2.36. The van der Waals surface area contributed by atoms with Gasteiger partial charge in [0.05, 0.1) is 26.3 Å². The Hall–Kier alpha value is -2.42. The largest absolute Gasteiger partial charge is 0.352 e. The molecule has 42 heavy (non-hydrogen) atoms. The number of rotatable bonds is 11. The molecule has 1 heterocycles. The molecule has 0 aromatic heterocycles. The second-order valence-electron chi connectivity index (χ2n) is 10.1. The summed E-state index contributed by atoms with van der Waals surface area (Å²) in [6.45, 7) is 6.83. The number of amidine groups is 1. The van der Waals surface area contributed by atoms with Gasteiger partial charge in [-0.3, -0.25) is 15.0 Å². The number of aryl methyl sites for hydroxylation is 1. The third-order valence-electron chi connectivity index (χ3n) is 6.94. The third kappa shape index (κ3) is 7.74. The topological polar surface area (TPSA) is 73.8 Å². The summed E-state index contributed by atoms with van der Waals surface area (Å²) < 4.78 is 0. The fourth-order valence-corrected chi connectivity index (χ4v) is 6.83. The summed E-state index contributed by atoms with van der Waals surface area (Å²) in [7, 11) is 0. The summed E-state index contributed by atoms with van der Waals surface area (Å²) in [5.74, 6) is 0.178. The van der Waals surface area contributed by atoms with Gasteiger partial charge in [0.1, 0.15) is 16.8 Å². The molecule has 2 unspecified atom stereocenters. The highest BCUT2D eigenvalue weighted by molar-refractivity contribution is 8.01. The van der Waals surface area contributed by atoms with Crippen molar-refractivity contribution in [2.24, 2.45) is 10.9 Å². The van der Waals surface area contributed by atoms with Crippen LogP contribution in [0.25, 0.3) is 0 Å². The Balaban J connectivity index is 1.69. The Morgan fingerprint density at radius 3 is 2.45 bits per heavy atom. The lowest BCUT2D eigenvalue weighted by molar-refractivity contribution is -0.116. The van der Waals surface area contributed by atoms with Gasteiger partial charge in [0.15, 0.2) is 0 Å². The van der Waals surface area contributed by atoms with Crippen molar-refractivity contribution in [3.05, 3.63) is 85.8 Å². The molecule has 0 bridgehead atoms. The summed E-state index contributed by atoms with van der Waals surface area (Å²) >= 11 is 26.8. The average molecular weight is 667 g/mol. The molecule has 4 rings (SSSR count). The van der Waals surface area contributed by atoms with Crippen molar-refractivity contribution < 1.29 is 9.59 Å². The molecule has 1 aliphatic heterocycles. The molecule has 0 saturated carbocycles. The van der Waals surface area contributed by atoms with Crippen molar-refractivity contribution in [1.29, 1.82) is 0 Å². The second-order valence-corrected chi connectivity index (χ2v) is 12.9. The molecular formula is C31H32Cl4N4O2S. The van der Waals surface area contributed by atoms with Crippen LogP contribution in [-0.2, 0) is 4.79 Å². The molecule has 2 N–H and O–H groups in total. The minimum atomic E-state index is -0.855. The van der Waals surface area contributed by atoms with Crippen molar-refractivity contribution >= 4 is 87.2 Å². The van der Waals surface area contributed by atoms with Gasteiger partial charge in [0, 0.05) is 16.5 Å². The summed E-state index contributed by atoms with van der Waals surface area (Å²) in [5, 5.41) is 4.67. The summed E-state index contributed by atoms with van der Waals surface area (Å²) in [6, 6.07) is 15.7. The lowest BCUT2D eigenvalue weighted by Gasteiger charge is -2.19. The molecule has 2 amide bonds. The van der Waals surface area contributed by atoms with Crippen molar-refractivity contribution in [1.82, 2.24) is 10.7 Å². The predicted octanol–water partition coefficient (Wildman–Crippen LogP) is 9.30. The van der Waals surface area contributed by atoms with Gasteiger partial charge in [-0.25, -0.2) is 10.0 Å². The number of nitrogens with zero attached hydrogens (tertiary/aromatic N) is 2. The maximum Gasteiger partial charge on any atom is 0.267 e. The van der Waals surface area contributed by atoms with Crippen LogP contribution in [0.3, 0.4) is 0 Å². The number of carbonyl (C=O) groups is 2. The lowest BCUT2D eigenvalue weighted by atomic mass is 9.99. The third-order valence-corrected chi connectivity index (χ3v) is 9.32. The molecule has 222 valence electrons. The standard InChI is InChI=1S/C31H32Cl4N4O2S/c1-4-6-9-19(5-2)17-36-30(40)21-10-7-8-11-26(21)42-28-29(37-25-14-18(3)12-13-22(25)33)38-39(31(28)41)27-23(34)15-20(32)16-24(27)35/h7-8,10-16,19,28H,4-6,9,17H2,1-3H3,(H,36,40)(H,37,38). The van der Waals surface area contributed by atoms with E-state index in [1.54, 1.807) is 12.1 Å². The summed E-state index contributed by atoms with van der Waals surface area (Å²) in [5.41, 5.74) is 5.27. The van der Waals surface area contributed by atoms with Crippen LogP contribution in [0.4, 0.5) is 11.4 Å². The number of thioether (sulfide) groups is 1. The minimum Gasteiger partial charge on any atom is -0.352 e. The molecule has 3 aromatic carbocycles. The molecule has 0 radical (unpaired) electrons. The maximum atomic E-state index is 14.0. The van der Waals surface area contributed by atoms with E-state index in [1.807, 2.05) is 37.3 Å². The minimum absolute atomic E-state index is 0.188. The van der Waals surface area contributed by atoms with Crippen molar-refractivity contribution in [3.8, 4) is 0 Å². The molecule has 1 saturated heterocycles. The Kier molecular flexibility index (Phi) is 11.5. The van der Waals surface area contributed by atoms with Gasteiger partial charge in [0.2, 0.25) is 0 Å². The van der Waals surface area contributed by atoms with Gasteiger partial charge in [-0.05, 0) is 61.2 Å². The van der Waals surface area contributed by atoms with Gasteiger partial charge in [-0.15, -0.1) is 11.8 Å². The molecule has 2 atom stereocenters. The monoisotopic (exact) mass is 664 g/mol. The fourth-order valence-electron chi connectivity index (χ4n) is 4.56. The van der Waals surface area contributed by atoms with Crippen molar-refractivity contribution in [2.75, 3.05) is 11.6 Å². The quantitative estimate of drug-likeness (QED) is 0.214. The Labute approximate surface area is 271 Å². The van der Waals surface area contributed by atoms with Crippen LogP contribution in [0.15, 0.2) is 64.5 Å². The number of hydrogen-bond acceptors (Lipinski definition) is 4. The molecule has 3 aromatic rings. The zero-order valence-electron chi connectivity index (χ0n) is 23.5. The average Bonchev–Trinajstić information content (AvgIpc) is 3.24. The summed E-state index contributed by atoms with van der Waals surface area (Å²) in [6.07, 6.45) is 4.31. The Morgan fingerprint density at radius 2 is 1.76 bits per heavy atom. The number of nitrogens with one attached hydrogen (secondary N) is 2. The first kappa shape index (κ1) is 32.5. The highest BCUT2D eigenvalue weighted by Crippen LogP contribution is 2.40. The second kappa shape index (κ2) is 14.8. The van der Waals surface area contributed by atoms with Gasteiger partial charge >= 0.3 is 0 Å². The van der Waals surface area contributed by atoms with E-state index in [-0.39, 0.29) is 27.5 Å². The molecule has 0 spiro atoms. The van der Waals surface area contributed by atoms with Gasteiger partial charge in [-0.2, -0.15) is 0 Å². The van der Waals surface area contributed by atoms with Crippen molar-refractivity contribution in [3.63, 3.8) is 0 Å². The van der Waals surface area contributed by atoms with E-state index in [9.17, 15) is 9.59 Å². The summed E-state index contributed by atoms with van der Waals surface area (Å²) in [4.78, 5) is 32.7. The van der Waals surface area contributed by atoms with Crippen LogP contribution in [0, 0.1) is 12.8 Å². The van der Waals surface area contributed by atoms with Gasteiger partial charge < -0.3 is 5.32 Å². The van der Waals surface area contributed by atoms with E-state index in [2.05, 4.69) is 24.6 Å². The number of amides is 2. The van der Waals surface area contributed by atoms with Crippen LogP contribution in [0.2, 0.25) is 20.1 Å². The van der Waals surface area contributed by atoms with Gasteiger partial charge in [0.25, 0.3) is 11.8 Å². The zero-order chi connectivity index (χ0) is 30.4. The van der Waals surface area contributed by atoms with E-state index in [0.717, 1.165) is 31.2 Å². The van der Waals surface area contributed by atoms with E-state index < -0.39 is 5.25 Å². The molecule has 6 nitrogen and oxygen atoms in total. The first-order valence-corrected chi connectivity index (χ1v) is 16.2. The predicted molar refractivity (Wildman–Crippen MR) is 177 cm³/mol.